The lowest BCUT2D eigenvalue weighted by Crippen LogP contribution is -2.07. The van der Waals surface area contributed by atoms with Gasteiger partial charge in [0, 0.05) is 45.6 Å². The molecule has 0 fully saturated rings. The zero-order chi connectivity index (χ0) is 25.0. The van der Waals surface area contributed by atoms with Crippen molar-refractivity contribution < 1.29 is 28.2 Å². The Morgan fingerprint density at radius 1 is 1.03 bits per heavy atom. The second-order valence-corrected chi connectivity index (χ2v) is 9.27. The Labute approximate surface area is 213 Å². The number of halogens is 1. The van der Waals surface area contributed by atoms with E-state index in [0.717, 1.165) is 32.1 Å². The summed E-state index contributed by atoms with van der Waals surface area (Å²) < 4.78 is 25.2. The molecule has 7 nitrogen and oxygen atoms in total. The first kappa shape index (κ1) is 22.2. The molecule has 0 saturated heterocycles. The molecule has 178 valence electrons. The second-order valence-electron chi connectivity index (χ2n) is 8.36. The molecule has 0 spiro atoms. The number of ketones is 1. The molecular formula is C28H18BrNO6. The van der Waals surface area contributed by atoms with Crippen LogP contribution in [0.2, 0.25) is 0 Å². The number of ether oxygens (including phenoxy) is 3. The zero-order valence-electron chi connectivity index (χ0n) is 19.2. The fourth-order valence-corrected chi connectivity index (χ4v) is 4.67. The van der Waals surface area contributed by atoms with Crippen LogP contribution in [0.5, 0.6) is 17.2 Å². The highest BCUT2D eigenvalue weighted by Gasteiger charge is 2.29. The minimum atomic E-state index is -0.646. The van der Waals surface area contributed by atoms with Crippen molar-refractivity contribution in [2.24, 2.45) is 7.05 Å². The minimum absolute atomic E-state index is 0.0764. The summed E-state index contributed by atoms with van der Waals surface area (Å²) in [7, 11) is 3.55. The van der Waals surface area contributed by atoms with Gasteiger partial charge in [-0.1, -0.05) is 15.9 Å². The van der Waals surface area contributed by atoms with Crippen LogP contribution in [0.25, 0.3) is 27.9 Å². The molecule has 0 bridgehead atoms. The van der Waals surface area contributed by atoms with Crippen LogP contribution in [0.4, 0.5) is 0 Å². The molecule has 1 aliphatic heterocycles. The third-order valence-corrected chi connectivity index (χ3v) is 6.54. The van der Waals surface area contributed by atoms with Crippen molar-refractivity contribution >= 4 is 55.6 Å². The number of hydrogen-bond acceptors (Lipinski definition) is 6. The summed E-state index contributed by atoms with van der Waals surface area (Å²) in [5.41, 5.74) is 2.80. The van der Waals surface area contributed by atoms with Crippen LogP contribution in [0.1, 0.15) is 26.5 Å². The number of Topliss-reactive ketones (excluding diaryl/α,β-unsaturated/α-hetero) is 1. The van der Waals surface area contributed by atoms with Gasteiger partial charge in [-0.15, -0.1) is 0 Å². The van der Waals surface area contributed by atoms with Crippen molar-refractivity contribution in [3.05, 3.63) is 94.0 Å². The number of benzene rings is 3. The lowest BCUT2D eigenvalue weighted by atomic mass is 10.1. The SMILES string of the molecule is COc1ccc2c(c1)c(/C=C1\Oc3cc(OC(=O)c4cc5cc(Br)ccc5o4)ccc3C1=O)cn2C. The van der Waals surface area contributed by atoms with Gasteiger partial charge in [0.05, 0.1) is 12.7 Å². The summed E-state index contributed by atoms with van der Waals surface area (Å²) in [5.74, 6) is 0.656. The van der Waals surface area contributed by atoms with Crippen molar-refractivity contribution in [1.82, 2.24) is 4.57 Å². The highest BCUT2D eigenvalue weighted by atomic mass is 79.9. The maximum atomic E-state index is 13.0. The van der Waals surface area contributed by atoms with Gasteiger partial charge in [-0.3, -0.25) is 4.79 Å². The quantitative estimate of drug-likeness (QED) is 0.145. The molecule has 3 heterocycles. The molecule has 0 amide bonds. The van der Waals surface area contributed by atoms with Crippen LogP contribution < -0.4 is 14.2 Å². The Balaban J connectivity index is 1.27. The average Bonchev–Trinajstić information content (AvgIpc) is 3.52. The van der Waals surface area contributed by atoms with Crippen LogP contribution in [-0.4, -0.2) is 23.4 Å². The van der Waals surface area contributed by atoms with E-state index in [2.05, 4.69) is 15.9 Å². The smallest absolute Gasteiger partial charge is 0.379 e. The molecule has 36 heavy (non-hydrogen) atoms. The fourth-order valence-electron chi connectivity index (χ4n) is 4.29. The third-order valence-electron chi connectivity index (χ3n) is 6.05. The van der Waals surface area contributed by atoms with Crippen LogP contribution >= 0.6 is 15.9 Å². The molecule has 2 aromatic heterocycles. The lowest BCUT2D eigenvalue weighted by molar-refractivity contribution is 0.0703. The summed E-state index contributed by atoms with van der Waals surface area (Å²) in [4.78, 5) is 25.7. The highest BCUT2D eigenvalue weighted by Crippen LogP contribution is 2.36. The molecule has 0 radical (unpaired) electrons. The third kappa shape index (κ3) is 3.76. The first-order chi connectivity index (χ1) is 17.4. The topological polar surface area (TPSA) is 79.9 Å². The van der Waals surface area contributed by atoms with E-state index in [9.17, 15) is 9.59 Å². The number of esters is 1. The number of fused-ring (bicyclic) bond motifs is 3. The second kappa shape index (κ2) is 8.42. The molecule has 0 aliphatic carbocycles. The van der Waals surface area contributed by atoms with Gasteiger partial charge in [0.2, 0.25) is 11.5 Å². The maximum Gasteiger partial charge on any atom is 0.379 e. The summed E-state index contributed by atoms with van der Waals surface area (Å²) in [5, 5.41) is 1.71. The number of aryl methyl sites for hydroxylation is 1. The van der Waals surface area contributed by atoms with E-state index in [-0.39, 0.29) is 23.1 Å². The molecule has 0 N–H and O–H groups in total. The molecular weight excluding hydrogens is 526 g/mol. The number of allylic oxidation sites excluding steroid dienone is 1. The predicted octanol–water partition coefficient (Wildman–Crippen LogP) is 6.53. The van der Waals surface area contributed by atoms with Crippen LogP contribution in [0, 0.1) is 0 Å². The summed E-state index contributed by atoms with van der Waals surface area (Å²) >= 11 is 3.40. The van der Waals surface area contributed by atoms with Gasteiger partial charge >= 0.3 is 5.97 Å². The van der Waals surface area contributed by atoms with E-state index in [1.807, 2.05) is 48.1 Å². The maximum absolute atomic E-state index is 13.0. The Hall–Kier alpha value is -4.30. The van der Waals surface area contributed by atoms with E-state index in [4.69, 9.17) is 18.6 Å². The standard InChI is InChI=1S/C28H18BrNO6/c1-30-14-16(21-12-18(33-2)5-7-22(21)30)11-25-27(31)20-6-4-19(13-24(20)36-25)34-28(32)26-10-15-9-17(29)3-8-23(15)35-26/h3-14H,1-2H3/b25-11-. The molecule has 0 saturated carbocycles. The Bertz CT molecular complexity index is 1740. The van der Waals surface area contributed by atoms with E-state index in [1.54, 1.807) is 37.5 Å². The van der Waals surface area contributed by atoms with Gasteiger partial charge in [-0.25, -0.2) is 4.79 Å². The minimum Gasteiger partial charge on any atom is -0.497 e. The first-order valence-electron chi connectivity index (χ1n) is 11.0. The van der Waals surface area contributed by atoms with Crippen molar-refractivity contribution in [3.8, 4) is 17.2 Å². The number of methoxy groups -OCH3 is 1. The summed E-state index contributed by atoms with van der Waals surface area (Å²) in [6, 6.07) is 17.5. The Kier molecular flexibility index (Phi) is 5.19. The Morgan fingerprint density at radius 2 is 1.86 bits per heavy atom. The molecule has 3 aromatic carbocycles. The number of nitrogens with zero attached hydrogens (tertiary/aromatic N) is 1. The number of carbonyl (C=O) groups is 2. The van der Waals surface area contributed by atoms with Crippen molar-refractivity contribution in [2.75, 3.05) is 7.11 Å². The predicted molar refractivity (Wildman–Crippen MR) is 138 cm³/mol. The Morgan fingerprint density at radius 3 is 2.69 bits per heavy atom. The number of carbonyl (C=O) groups excluding carboxylic acids is 2. The number of rotatable bonds is 4. The van der Waals surface area contributed by atoms with Gasteiger partial charge < -0.3 is 23.2 Å². The lowest BCUT2D eigenvalue weighted by Gasteiger charge is -2.04. The van der Waals surface area contributed by atoms with E-state index < -0.39 is 5.97 Å². The number of hydrogen-bond donors (Lipinski definition) is 0. The fraction of sp³-hybridized carbons (Fsp3) is 0.0714. The first-order valence-corrected chi connectivity index (χ1v) is 11.8. The van der Waals surface area contributed by atoms with E-state index in [1.165, 1.54) is 6.07 Å². The van der Waals surface area contributed by atoms with E-state index in [0.29, 0.717) is 16.9 Å². The molecule has 0 atom stereocenters. The van der Waals surface area contributed by atoms with Crippen LogP contribution in [-0.2, 0) is 7.05 Å². The zero-order valence-corrected chi connectivity index (χ0v) is 20.8. The van der Waals surface area contributed by atoms with Gasteiger partial charge in [-0.05, 0) is 60.7 Å². The largest absolute Gasteiger partial charge is 0.497 e. The molecule has 5 aromatic rings. The average molecular weight is 544 g/mol. The summed E-state index contributed by atoms with van der Waals surface area (Å²) in [6.45, 7) is 0. The molecule has 1 aliphatic rings. The summed E-state index contributed by atoms with van der Waals surface area (Å²) in [6.07, 6.45) is 3.64. The molecule has 6 rings (SSSR count). The van der Waals surface area contributed by atoms with Gasteiger partial charge in [0.15, 0.2) is 5.76 Å². The van der Waals surface area contributed by atoms with Crippen molar-refractivity contribution in [2.45, 2.75) is 0 Å². The normalized spacial score (nSPS) is 13.9. The van der Waals surface area contributed by atoms with Gasteiger partial charge in [-0.2, -0.15) is 0 Å². The number of aromatic nitrogens is 1. The molecule has 8 heteroatoms. The number of furan rings is 1. The van der Waals surface area contributed by atoms with E-state index >= 15 is 0 Å². The van der Waals surface area contributed by atoms with Gasteiger partial charge in [0.25, 0.3) is 0 Å². The van der Waals surface area contributed by atoms with Crippen molar-refractivity contribution in [1.29, 1.82) is 0 Å². The molecule has 0 unspecified atom stereocenters. The van der Waals surface area contributed by atoms with Crippen LogP contribution in [0.3, 0.4) is 0 Å². The monoisotopic (exact) mass is 543 g/mol. The van der Waals surface area contributed by atoms with Gasteiger partial charge in [0.1, 0.15) is 22.8 Å². The highest BCUT2D eigenvalue weighted by molar-refractivity contribution is 9.10. The van der Waals surface area contributed by atoms with Crippen molar-refractivity contribution in [3.63, 3.8) is 0 Å². The van der Waals surface area contributed by atoms with Crippen LogP contribution in [0.15, 0.2) is 81.5 Å².